The maximum Gasteiger partial charge on any atom is 0.257 e. The lowest BCUT2D eigenvalue weighted by Gasteiger charge is -2.12. The molecule has 0 unspecified atom stereocenters. The molecule has 0 aliphatic carbocycles. The van der Waals surface area contributed by atoms with Crippen LogP contribution in [0.3, 0.4) is 0 Å². The normalized spacial score (nSPS) is 10.1. The molecule has 114 valence electrons. The Balaban J connectivity index is 1.82. The number of rotatable bonds is 4. The van der Waals surface area contributed by atoms with Crippen LogP contribution >= 0.6 is 0 Å². The summed E-state index contributed by atoms with van der Waals surface area (Å²) in [6.45, 7) is 0. The van der Waals surface area contributed by atoms with Gasteiger partial charge in [-0.25, -0.2) is 4.39 Å². The zero-order chi connectivity index (χ0) is 16.1. The molecule has 0 atom stereocenters. The molecule has 5 heteroatoms. The van der Waals surface area contributed by atoms with Crippen LogP contribution in [0.1, 0.15) is 10.4 Å². The lowest BCUT2D eigenvalue weighted by molar-refractivity contribution is 0.102. The molecule has 0 saturated heterocycles. The lowest BCUT2D eigenvalue weighted by atomic mass is 10.1. The molecule has 1 aromatic heterocycles. The van der Waals surface area contributed by atoms with Gasteiger partial charge in [-0.05, 0) is 48.5 Å². The third-order valence-corrected chi connectivity index (χ3v) is 3.23. The number of benzene rings is 2. The third kappa shape index (κ3) is 3.71. The van der Waals surface area contributed by atoms with Gasteiger partial charge in [-0.3, -0.25) is 9.78 Å². The molecule has 0 aliphatic heterocycles. The third-order valence-electron chi connectivity index (χ3n) is 3.23. The van der Waals surface area contributed by atoms with Crippen molar-refractivity contribution < 1.29 is 9.18 Å². The summed E-state index contributed by atoms with van der Waals surface area (Å²) < 4.78 is 13.0. The maximum atomic E-state index is 13.0. The molecular weight excluding hydrogens is 293 g/mol. The van der Waals surface area contributed by atoms with Crippen LogP contribution in [0.4, 0.5) is 21.5 Å². The van der Waals surface area contributed by atoms with E-state index in [0.717, 1.165) is 0 Å². The summed E-state index contributed by atoms with van der Waals surface area (Å²) in [6.07, 6.45) is 3.22. The summed E-state index contributed by atoms with van der Waals surface area (Å²) in [4.78, 5) is 16.4. The Labute approximate surface area is 133 Å². The Morgan fingerprint density at radius 3 is 2.30 bits per heavy atom. The number of carbonyl (C=O) groups is 1. The molecule has 0 bridgehead atoms. The lowest BCUT2D eigenvalue weighted by Crippen LogP contribution is -2.13. The van der Waals surface area contributed by atoms with E-state index < -0.39 is 0 Å². The zero-order valence-electron chi connectivity index (χ0n) is 12.2. The first-order chi connectivity index (χ1) is 11.2. The van der Waals surface area contributed by atoms with E-state index in [9.17, 15) is 9.18 Å². The minimum Gasteiger partial charge on any atom is -0.355 e. The smallest absolute Gasteiger partial charge is 0.257 e. The highest BCUT2D eigenvalue weighted by molar-refractivity contribution is 6.08. The van der Waals surface area contributed by atoms with E-state index in [2.05, 4.69) is 15.6 Å². The molecule has 3 rings (SSSR count). The first-order valence-electron chi connectivity index (χ1n) is 7.05. The molecular formula is C18H14FN3O. The summed E-state index contributed by atoms with van der Waals surface area (Å²) in [5.41, 5.74) is 2.51. The second-order valence-electron chi connectivity index (χ2n) is 4.87. The summed E-state index contributed by atoms with van der Waals surface area (Å²) in [6, 6.07) is 16.5. The van der Waals surface area contributed by atoms with E-state index in [1.165, 1.54) is 12.1 Å². The molecule has 4 nitrogen and oxygen atoms in total. The topological polar surface area (TPSA) is 54.0 Å². The van der Waals surface area contributed by atoms with Crippen LogP contribution in [-0.2, 0) is 0 Å². The highest BCUT2D eigenvalue weighted by Gasteiger charge is 2.11. The number of pyridine rings is 1. The quantitative estimate of drug-likeness (QED) is 0.759. The van der Waals surface area contributed by atoms with Crippen molar-refractivity contribution in [2.75, 3.05) is 10.6 Å². The van der Waals surface area contributed by atoms with Gasteiger partial charge in [0.1, 0.15) is 5.82 Å². The van der Waals surface area contributed by atoms with Crippen LogP contribution in [0.15, 0.2) is 73.1 Å². The first kappa shape index (κ1) is 14.7. The number of halogens is 1. The van der Waals surface area contributed by atoms with Crippen molar-refractivity contribution in [3.05, 3.63) is 84.4 Å². The van der Waals surface area contributed by atoms with Crippen molar-refractivity contribution in [2.24, 2.45) is 0 Å². The first-order valence-corrected chi connectivity index (χ1v) is 7.05. The highest BCUT2D eigenvalue weighted by Crippen LogP contribution is 2.22. The molecule has 0 radical (unpaired) electrons. The largest absolute Gasteiger partial charge is 0.355 e. The number of hydrogen-bond acceptors (Lipinski definition) is 3. The standard InChI is InChI=1S/C18H14FN3O/c19-13-5-7-14(8-6-13)21-17-4-2-1-3-16(17)18(23)22-15-9-11-20-12-10-15/h1-12,21H,(H,20,22,23). The summed E-state index contributed by atoms with van der Waals surface area (Å²) in [5.74, 6) is -0.541. The fourth-order valence-corrected chi connectivity index (χ4v) is 2.11. The van der Waals surface area contributed by atoms with Crippen molar-refractivity contribution in [3.63, 3.8) is 0 Å². The van der Waals surface area contributed by atoms with Gasteiger partial charge in [0.15, 0.2) is 0 Å². The molecule has 3 aromatic rings. The Morgan fingerprint density at radius 1 is 0.870 bits per heavy atom. The van der Waals surface area contributed by atoms with E-state index >= 15 is 0 Å². The van der Waals surface area contributed by atoms with E-state index in [0.29, 0.717) is 22.6 Å². The fourth-order valence-electron chi connectivity index (χ4n) is 2.11. The van der Waals surface area contributed by atoms with Crippen LogP contribution in [-0.4, -0.2) is 10.9 Å². The molecule has 1 heterocycles. The van der Waals surface area contributed by atoms with E-state index in [4.69, 9.17) is 0 Å². The number of amides is 1. The SMILES string of the molecule is O=C(Nc1ccncc1)c1ccccc1Nc1ccc(F)cc1. The van der Waals surface area contributed by atoms with Gasteiger partial charge in [0.25, 0.3) is 5.91 Å². The van der Waals surface area contributed by atoms with E-state index in [1.807, 2.05) is 6.07 Å². The van der Waals surface area contributed by atoms with Crippen molar-refractivity contribution in [3.8, 4) is 0 Å². The zero-order valence-corrected chi connectivity index (χ0v) is 12.2. The average molecular weight is 307 g/mol. The fraction of sp³-hybridized carbons (Fsp3) is 0. The summed E-state index contributed by atoms with van der Waals surface area (Å²) in [5, 5.41) is 5.94. The predicted octanol–water partition coefficient (Wildman–Crippen LogP) is 4.22. The highest BCUT2D eigenvalue weighted by atomic mass is 19.1. The minimum atomic E-state index is -0.306. The van der Waals surface area contributed by atoms with Gasteiger partial charge < -0.3 is 10.6 Å². The van der Waals surface area contributed by atoms with Crippen LogP contribution < -0.4 is 10.6 Å². The second kappa shape index (κ2) is 6.70. The molecule has 0 spiro atoms. The molecule has 23 heavy (non-hydrogen) atoms. The van der Waals surface area contributed by atoms with E-state index in [1.54, 1.807) is 54.9 Å². The molecule has 0 fully saturated rings. The monoisotopic (exact) mass is 307 g/mol. The Kier molecular flexibility index (Phi) is 4.29. The van der Waals surface area contributed by atoms with Gasteiger partial charge in [0.05, 0.1) is 11.3 Å². The number of para-hydroxylation sites is 1. The summed E-state index contributed by atoms with van der Waals surface area (Å²) in [7, 11) is 0. The molecule has 1 amide bonds. The Bertz CT molecular complexity index is 804. The number of nitrogens with zero attached hydrogens (tertiary/aromatic N) is 1. The number of hydrogen-bond donors (Lipinski definition) is 2. The van der Waals surface area contributed by atoms with Crippen molar-refractivity contribution in [1.29, 1.82) is 0 Å². The van der Waals surface area contributed by atoms with Crippen molar-refractivity contribution >= 4 is 23.0 Å². The molecule has 0 saturated carbocycles. The number of carbonyl (C=O) groups excluding carboxylic acids is 1. The number of nitrogens with one attached hydrogen (secondary N) is 2. The molecule has 2 N–H and O–H groups in total. The van der Waals surface area contributed by atoms with Crippen molar-refractivity contribution in [2.45, 2.75) is 0 Å². The van der Waals surface area contributed by atoms with Gasteiger partial charge in [-0.15, -0.1) is 0 Å². The van der Waals surface area contributed by atoms with Crippen LogP contribution in [0.2, 0.25) is 0 Å². The molecule has 2 aromatic carbocycles. The number of anilines is 3. The molecule has 0 aliphatic rings. The maximum absolute atomic E-state index is 13.0. The van der Waals surface area contributed by atoms with Crippen molar-refractivity contribution in [1.82, 2.24) is 4.98 Å². The second-order valence-corrected chi connectivity index (χ2v) is 4.87. The van der Waals surface area contributed by atoms with Gasteiger partial charge in [0, 0.05) is 23.8 Å². The Hall–Kier alpha value is -3.21. The Morgan fingerprint density at radius 2 is 1.57 bits per heavy atom. The minimum absolute atomic E-state index is 0.235. The van der Waals surface area contributed by atoms with Gasteiger partial charge in [-0.1, -0.05) is 12.1 Å². The van der Waals surface area contributed by atoms with Gasteiger partial charge in [-0.2, -0.15) is 0 Å². The van der Waals surface area contributed by atoms with Gasteiger partial charge >= 0.3 is 0 Å². The average Bonchev–Trinajstić information content (AvgIpc) is 2.58. The van der Waals surface area contributed by atoms with Crippen LogP contribution in [0, 0.1) is 5.82 Å². The predicted molar refractivity (Wildman–Crippen MR) is 88.3 cm³/mol. The number of aromatic nitrogens is 1. The van der Waals surface area contributed by atoms with Crippen LogP contribution in [0.5, 0.6) is 0 Å². The summed E-state index contributed by atoms with van der Waals surface area (Å²) >= 11 is 0. The van der Waals surface area contributed by atoms with Crippen LogP contribution in [0.25, 0.3) is 0 Å². The van der Waals surface area contributed by atoms with E-state index in [-0.39, 0.29) is 11.7 Å². The van der Waals surface area contributed by atoms with Gasteiger partial charge in [0.2, 0.25) is 0 Å².